The maximum absolute atomic E-state index is 12.5. The fraction of sp³-hybridized carbons (Fsp3) is 0.800. The highest BCUT2D eigenvalue weighted by atomic mass is 16.5. The van der Waals surface area contributed by atoms with E-state index in [0.29, 0.717) is 12.5 Å². The van der Waals surface area contributed by atoms with Gasteiger partial charge in [0.1, 0.15) is 0 Å². The average Bonchev–Trinajstić information content (AvgIpc) is 3.08. The number of nitrogens with one attached hydrogen (secondary N) is 2. The second kappa shape index (κ2) is 5.63. The molecule has 2 N–H and O–H groups in total. The molecule has 2 heterocycles. The summed E-state index contributed by atoms with van der Waals surface area (Å²) in [6, 6.07) is 0. The maximum atomic E-state index is 12.5. The Bertz CT molecular complexity index is 361. The summed E-state index contributed by atoms with van der Waals surface area (Å²) in [6.45, 7) is 3.92. The first-order chi connectivity index (χ1) is 9.31. The van der Waals surface area contributed by atoms with Crippen LogP contribution in [0.2, 0.25) is 0 Å². The molecular weight excluding hydrogens is 240 g/mol. The van der Waals surface area contributed by atoms with Crippen LogP contribution < -0.4 is 10.6 Å². The quantitative estimate of drug-likeness (QED) is 0.747. The maximum Gasteiger partial charge on any atom is 0.230 e. The molecule has 106 valence electrons. The number of allylic oxidation sites excluding steroid dienone is 2. The van der Waals surface area contributed by atoms with Crippen molar-refractivity contribution in [3.63, 3.8) is 0 Å². The Hall–Kier alpha value is -0.870. The molecular formula is C15H24N2O2. The molecule has 2 saturated heterocycles. The molecule has 19 heavy (non-hydrogen) atoms. The molecule has 3 rings (SSSR count). The summed E-state index contributed by atoms with van der Waals surface area (Å²) in [5.41, 5.74) is -0.299. The summed E-state index contributed by atoms with van der Waals surface area (Å²) < 4.78 is 5.58. The second-order valence-corrected chi connectivity index (χ2v) is 6.18. The van der Waals surface area contributed by atoms with Gasteiger partial charge in [-0.2, -0.15) is 0 Å². The zero-order valence-electron chi connectivity index (χ0n) is 11.5. The van der Waals surface area contributed by atoms with E-state index in [-0.39, 0.29) is 11.3 Å². The predicted octanol–water partition coefficient (Wildman–Crippen LogP) is 1.08. The Morgan fingerprint density at radius 1 is 1.42 bits per heavy atom. The van der Waals surface area contributed by atoms with Gasteiger partial charge in [-0.25, -0.2) is 0 Å². The van der Waals surface area contributed by atoms with Crippen molar-refractivity contribution in [2.45, 2.75) is 25.7 Å². The Kier molecular flexibility index (Phi) is 3.89. The first-order valence-electron chi connectivity index (χ1n) is 7.53. The van der Waals surface area contributed by atoms with Crippen LogP contribution in [0, 0.1) is 17.3 Å². The highest BCUT2D eigenvalue weighted by molar-refractivity contribution is 5.84. The van der Waals surface area contributed by atoms with Gasteiger partial charge < -0.3 is 15.4 Å². The summed E-state index contributed by atoms with van der Waals surface area (Å²) in [7, 11) is 0. The van der Waals surface area contributed by atoms with Crippen LogP contribution in [-0.4, -0.2) is 38.8 Å². The van der Waals surface area contributed by atoms with E-state index in [4.69, 9.17) is 4.74 Å². The van der Waals surface area contributed by atoms with Crippen LogP contribution in [0.4, 0.5) is 0 Å². The molecule has 1 aliphatic carbocycles. The van der Waals surface area contributed by atoms with Crippen LogP contribution in [0.1, 0.15) is 25.7 Å². The van der Waals surface area contributed by atoms with Crippen LogP contribution >= 0.6 is 0 Å². The number of hydrogen-bond acceptors (Lipinski definition) is 3. The van der Waals surface area contributed by atoms with E-state index in [2.05, 4.69) is 22.8 Å². The van der Waals surface area contributed by atoms with E-state index in [1.54, 1.807) is 0 Å². The van der Waals surface area contributed by atoms with E-state index in [1.807, 2.05) is 0 Å². The van der Waals surface area contributed by atoms with E-state index in [0.717, 1.165) is 45.0 Å². The number of amides is 1. The third-order valence-electron chi connectivity index (χ3n) is 4.98. The van der Waals surface area contributed by atoms with Crippen molar-refractivity contribution in [1.29, 1.82) is 0 Å². The molecule has 0 aromatic heterocycles. The van der Waals surface area contributed by atoms with Crippen molar-refractivity contribution >= 4 is 5.91 Å². The molecule has 0 radical (unpaired) electrons. The lowest BCUT2D eigenvalue weighted by Gasteiger charge is -2.36. The van der Waals surface area contributed by atoms with Crippen molar-refractivity contribution < 1.29 is 9.53 Å². The monoisotopic (exact) mass is 264 g/mol. The molecule has 2 atom stereocenters. The Morgan fingerprint density at radius 3 is 3.11 bits per heavy atom. The average molecular weight is 264 g/mol. The zero-order valence-corrected chi connectivity index (χ0v) is 11.5. The van der Waals surface area contributed by atoms with Gasteiger partial charge in [-0.1, -0.05) is 12.2 Å². The lowest BCUT2D eigenvalue weighted by Crippen LogP contribution is -2.52. The zero-order chi connectivity index (χ0) is 13.1. The van der Waals surface area contributed by atoms with E-state index >= 15 is 0 Å². The third-order valence-corrected chi connectivity index (χ3v) is 4.98. The van der Waals surface area contributed by atoms with E-state index < -0.39 is 0 Å². The normalized spacial score (nSPS) is 34.4. The molecule has 4 heteroatoms. The van der Waals surface area contributed by atoms with Crippen LogP contribution in [-0.2, 0) is 9.53 Å². The van der Waals surface area contributed by atoms with Crippen molar-refractivity contribution in [3.8, 4) is 0 Å². The van der Waals surface area contributed by atoms with Crippen molar-refractivity contribution in [2.24, 2.45) is 17.3 Å². The first kappa shape index (κ1) is 13.1. The molecule has 0 aromatic rings. The fourth-order valence-electron chi connectivity index (χ4n) is 3.64. The van der Waals surface area contributed by atoms with Crippen molar-refractivity contribution in [2.75, 3.05) is 32.8 Å². The topological polar surface area (TPSA) is 50.4 Å². The number of fused-ring (bicyclic) bond motifs is 1. The van der Waals surface area contributed by atoms with Crippen molar-refractivity contribution in [1.82, 2.24) is 10.6 Å². The van der Waals surface area contributed by atoms with Gasteiger partial charge in [0.15, 0.2) is 0 Å². The van der Waals surface area contributed by atoms with Gasteiger partial charge in [-0.05, 0) is 44.1 Å². The highest BCUT2D eigenvalue weighted by Gasteiger charge is 2.50. The van der Waals surface area contributed by atoms with Crippen LogP contribution in [0.15, 0.2) is 12.2 Å². The molecule has 3 aliphatic rings. The molecule has 2 aliphatic heterocycles. The minimum Gasteiger partial charge on any atom is -0.380 e. The van der Waals surface area contributed by atoms with Crippen LogP contribution in [0.25, 0.3) is 0 Å². The molecule has 0 saturated carbocycles. The molecule has 0 unspecified atom stereocenters. The van der Waals surface area contributed by atoms with Gasteiger partial charge in [-0.15, -0.1) is 0 Å². The van der Waals surface area contributed by atoms with Crippen LogP contribution in [0.3, 0.4) is 0 Å². The third kappa shape index (κ3) is 2.56. The summed E-state index contributed by atoms with van der Waals surface area (Å²) in [6.07, 6.45) is 8.94. The Balaban J connectivity index is 1.51. The summed E-state index contributed by atoms with van der Waals surface area (Å²) in [5, 5.41) is 6.52. The summed E-state index contributed by atoms with van der Waals surface area (Å²) in [5.74, 6) is 1.39. The number of carbonyl (C=O) groups excluding carboxylic acids is 1. The second-order valence-electron chi connectivity index (χ2n) is 6.18. The molecule has 0 bridgehead atoms. The fourth-order valence-corrected chi connectivity index (χ4v) is 3.64. The standard InChI is InChI=1S/C15H24N2O2/c18-14(17-7-5-12-3-1-2-4-12)15-10-16-9-13(15)6-8-19-11-15/h1-2,12-13,16H,3-11H2,(H,17,18)/t13-,15+/m1/s1. The van der Waals surface area contributed by atoms with Gasteiger partial charge in [0.2, 0.25) is 5.91 Å². The summed E-state index contributed by atoms with van der Waals surface area (Å²) in [4.78, 5) is 12.5. The van der Waals surface area contributed by atoms with Gasteiger partial charge in [0.05, 0.1) is 12.0 Å². The highest BCUT2D eigenvalue weighted by Crippen LogP contribution is 2.37. The van der Waals surface area contributed by atoms with E-state index in [1.165, 1.54) is 12.8 Å². The minimum absolute atomic E-state index is 0.202. The van der Waals surface area contributed by atoms with Gasteiger partial charge in [0.25, 0.3) is 0 Å². The summed E-state index contributed by atoms with van der Waals surface area (Å²) >= 11 is 0. The van der Waals surface area contributed by atoms with Gasteiger partial charge in [-0.3, -0.25) is 4.79 Å². The Morgan fingerprint density at radius 2 is 2.26 bits per heavy atom. The number of rotatable bonds is 4. The lowest BCUT2D eigenvalue weighted by atomic mass is 9.75. The van der Waals surface area contributed by atoms with Gasteiger partial charge >= 0.3 is 0 Å². The Labute approximate surface area is 115 Å². The number of ether oxygens (including phenoxy) is 1. The largest absolute Gasteiger partial charge is 0.380 e. The number of hydrogen-bond donors (Lipinski definition) is 2. The SMILES string of the molecule is O=C(NCCC1CC=CC1)[C@]12CNC[C@H]1CCOC2. The molecule has 0 spiro atoms. The van der Waals surface area contributed by atoms with Crippen LogP contribution in [0.5, 0.6) is 0 Å². The predicted molar refractivity (Wildman–Crippen MR) is 73.7 cm³/mol. The molecule has 2 fully saturated rings. The molecule has 1 amide bonds. The van der Waals surface area contributed by atoms with Gasteiger partial charge in [0, 0.05) is 19.7 Å². The molecule has 4 nitrogen and oxygen atoms in total. The molecule has 0 aromatic carbocycles. The first-order valence-corrected chi connectivity index (χ1v) is 7.53. The van der Waals surface area contributed by atoms with Crippen molar-refractivity contribution in [3.05, 3.63) is 12.2 Å². The minimum atomic E-state index is -0.299. The van der Waals surface area contributed by atoms with E-state index in [9.17, 15) is 4.79 Å². The lowest BCUT2D eigenvalue weighted by molar-refractivity contribution is -0.141. The number of carbonyl (C=O) groups is 1. The smallest absolute Gasteiger partial charge is 0.230 e.